The van der Waals surface area contributed by atoms with Crippen LogP contribution in [-0.2, 0) is 13.2 Å². The lowest BCUT2D eigenvalue weighted by Gasteiger charge is -2.22. The Morgan fingerprint density at radius 3 is 2.34 bits per heavy atom. The van der Waals surface area contributed by atoms with Gasteiger partial charge in [-0.15, -0.1) is 0 Å². The van der Waals surface area contributed by atoms with E-state index in [4.69, 9.17) is 9.72 Å². The SMILES string of the molecule is Cc1cc(C(C)C)ccc1OCc1c(CNC(C)C(C)C)cc(-c2c(C(C)C)ccc3[nH]ncc23)nc1C. The molecule has 4 rings (SSSR count). The van der Waals surface area contributed by atoms with Gasteiger partial charge in [0.1, 0.15) is 12.4 Å². The van der Waals surface area contributed by atoms with E-state index < -0.39 is 0 Å². The molecule has 0 aliphatic rings. The van der Waals surface area contributed by atoms with Gasteiger partial charge < -0.3 is 10.1 Å². The van der Waals surface area contributed by atoms with E-state index in [9.17, 15) is 0 Å². The van der Waals surface area contributed by atoms with Crippen LogP contribution in [0.5, 0.6) is 5.75 Å². The second kappa shape index (κ2) is 11.7. The van der Waals surface area contributed by atoms with Crippen molar-refractivity contribution in [2.24, 2.45) is 5.92 Å². The first-order chi connectivity index (χ1) is 18.1. The highest BCUT2D eigenvalue weighted by Crippen LogP contribution is 2.36. The quantitative estimate of drug-likeness (QED) is 0.225. The van der Waals surface area contributed by atoms with E-state index in [1.807, 2.05) is 6.20 Å². The summed E-state index contributed by atoms with van der Waals surface area (Å²) in [6.45, 7) is 21.1. The van der Waals surface area contributed by atoms with Crippen LogP contribution in [0.25, 0.3) is 22.2 Å². The zero-order chi connectivity index (χ0) is 27.6. The molecule has 0 aliphatic heterocycles. The maximum atomic E-state index is 6.42. The molecule has 38 heavy (non-hydrogen) atoms. The van der Waals surface area contributed by atoms with Gasteiger partial charge in [-0.1, -0.05) is 59.7 Å². The number of ether oxygens (including phenoxy) is 1. The minimum absolute atomic E-state index is 0.369. The molecule has 2 N–H and O–H groups in total. The summed E-state index contributed by atoms with van der Waals surface area (Å²) in [6, 6.07) is 13.5. The summed E-state index contributed by atoms with van der Waals surface area (Å²) in [6.07, 6.45) is 1.92. The van der Waals surface area contributed by atoms with Crippen LogP contribution in [0.15, 0.2) is 42.6 Å². The van der Waals surface area contributed by atoms with Crippen LogP contribution in [0.1, 0.15) is 93.8 Å². The van der Waals surface area contributed by atoms with Gasteiger partial charge in [-0.25, -0.2) is 0 Å². The molecule has 2 aromatic carbocycles. The molecule has 0 bridgehead atoms. The summed E-state index contributed by atoms with van der Waals surface area (Å²) < 4.78 is 6.42. The molecule has 1 atom stereocenters. The highest BCUT2D eigenvalue weighted by Gasteiger charge is 2.19. The molecule has 0 aliphatic carbocycles. The normalized spacial score (nSPS) is 12.7. The van der Waals surface area contributed by atoms with Crippen molar-refractivity contribution >= 4 is 10.9 Å². The van der Waals surface area contributed by atoms with Gasteiger partial charge in [-0.2, -0.15) is 5.10 Å². The van der Waals surface area contributed by atoms with Crippen LogP contribution in [-0.4, -0.2) is 21.2 Å². The number of H-pyrrole nitrogens is 1. The molecule has 0 saturated heterocycles. The first-order valence-electron chi connectivity index (χ1n) is 14.0. The van der Waals surface area contributed by atoms with Crippen LogP contribution in [0, 0.1) is 19.8 Å². The topological polar surface area (TPSA) is 62.8 Å². The molecular weight excluding hydrogens is 468 g/mol. The molecule has 1 unspecified atom stereocenters. The van der Waals surface area contributed by atoms with Crippen molar-refractivity contribution in [1.29, 1.82) is 0 Å². The molecule has 5 nitrogen and oxygen atoms in total. The van der Waals surface area contributed by atoms with E-state index in [0.717, 1.165) is 40.1 Å². The van der Waals surface area contributed by atoms with Crippen LogP contribution in [0.2, 0.25) is 0 Å². The van der Waals surface area contributed by atoms with Gasteiger partial charge in [0.05, 0.1) is 17.4 Å². The Labute approximate surface area is 228 Å². The van der Waals surface area contributed by atoms with Crippen molar-refractivity contribution in [3.05, 3.63) is 76.1 Å². The number of rotatable bonds is 10. The number of aromatic nitrogens is 3. The number of nitrogens with zero attached hydrogens (tertiary/aromatic N) is 2. The highest BCUT2D eigenvalue weighted by atomic mass is 16.5. The Morgan fingerprint density at radius 1 is 0.921 bits per heavy atom. The lowest BCUT2D eigenvalue weighted by Crippen LogP contribution is -2.30. The van der Waals surface area contributed by atoms with Gasteiger partial charge in [0.15, 0.2) is 0 Å². The summed E-state index contributed by atoms with van der Waals surface area (Å²) >= 11 is 0. The van der Waals surface area contributed by atoms with Gasteiger partial charge in [-0.3, -0.25) is 10.1 Å². The third-order valence-electron chi connectivity index (χ3n) is 7.81. The molecule has 0 spiro atoms. The summed E-state index contributed by atoms with van der Waals surface area (Å²) in [5.74, 6) is 2.34. The minimum atomic E-state index is 0.369. The molecule has 2 heterocycles. The van der Waals surface area contributed by atoms with E-state index in [-0.39, 0.29) is 0 Å². The Hall–Kier alpha value is -3.18. The van der Waals surface area contributed by atoms with Gasteiger partial charge >= 0.3 is 0 Å². The number of pyridine rings is 1. The lowest BCUT2D eigenvalue weighted by molar-refractivity contribution is 0.300. The summed E-state index contributed by atoms with van der Waals surface area (Å²) in [4.78, 5) is 5.16. The van der Waals surface area contributed by atoms with Crippen molar-refractivity contribution in [1.82, 2.24) is 20.5 Å². The zero-order valence-corrected chi connectivity index (χ0v) is 24.6. The van der Waals surface area contributed by atoms with Gasteiger partial charge in [0.2, 0.25) is 0 Å². The summed E-state index contributed by atoms with van der Waals surface area (Å²) in [5, 5.41) is 12.3. The average Bonchev–Trinajstić information content (AvgIpc) is 3.35. The van der Waals surface area contributed by atoms with Gasteiger partial charge in [0.25, 0.3) is 0 Å². The lowest BCUT2D eigenvalue weighted by atomic mass is 9.91. The molecule has 0 saturated carbocycles. The van der Waals surface area contributed by atoms with Crippen molar-refractivity contribution < 1.29 is 4.74 Å². The molecule has 0 radical (unpaired) electrons. The number of hydrogen-bond acceptors (Lipinski definition) is 4. The van der Waals surface area contributed by atoms with Crippen LogP contribution in [0.3, 0.4) is 0 Å². The average molecular weight is 513 g/mol. The zero-order valence-electron chi connectivity index (χ0n) is 24.6. The molecule has 5 heteroatoms. The predicted molar refractivity (Wildman–Crippen MR) is 159 cm³/mol. The Bertz CT molecular complexity index is 1400. The highest BCUT2D eigenvalue weighted by molar-refractivity contribution is 5.95. The van der Waals surface area contributed by atoms with Crippen LogP contribution >= 0.6 is 0 Å². The van der Waals surface area contributed by atoms with Crippen molar-refractivity contribution in [2.75, 3.05) is 0 Å². The monoisotopic (exact) mass is 512 g/mol. The molecular formula is C33H44N4O. The molecule has 2 aromatic heterocycles. The van der Waals surface area contributed by atoms with Crippen molar-refractivity contribution in [2.45, 2.75) is 93.3 Å². The maximum absolute atomic E-state index is 6.42. The van der Waals surface area contributed by atoms with E-state index in [0.29, 0.717) is 30.4 Å². The third kappa shape index (κ3) is 5.94. The fourth-order valence-electron chi connectivity index (χ4n) is 4.90. The number of nitrogens with one attached hydrogen (secondary N) is 2. The summed E-state index contributed by atoms with van der Waals surface area (Å²) in [7, 11) is 0. The number of benzene rings is 2. The first kappa shape index (κ1) is 27.8. The number of hydrogen-bond donors (Lipinski definition) is 2. The molecule has 4 aromatic rings. The fourth-order valence-corrected chi connectivity index (χ4v) is 4.90. The second-order valence-corrected chi connectivity index (χ2v) is 11.6. The van der Waals surface area contributed by atoms with Gasteiger partial charge in [-0.05, 0) is 79.0 Å². The van der Waals surface area contributed by atoms with Crippen molar-refractivity contribution in [3.8, 4) is 17.0 Å². The van der Waals surface area contributed by atoms with Gasteiger partial charge in [0, 0.05) is 34.8 Å². The van der Waals surface area contributed by atoms with E-state index in [1.54, 1.807) is 0 Å². The standard InChI is InChI=1S/C33H44N4O/c1-19(2)23(8)34-16-26-15-31(33-27(21(5)6)11-12-30-28(33)17-35-37-30)36-24(9)29(26)18-38-32-13-10-25(20(3)4)14-22(32)7/h10-15,17,19-21,23,34H,16,18H2,1-9H3,(H,35,37). The third-order valence-corrected chi connectivity index (χ3v) is 7.81. The maximum Gasteiger partial charge on any atom is 0.122 e. The Morgan fingerprint density at radius 2 is 1.68 bits per heavy atom. The Balaban J connectivity index is 1.76. The second-order valence-electron chi connectivity index (χ2n) is 11.6. The first-order valence-corrected chi connectivity index (χ1v) is 14.0. The van der Waals surface area contributed by atoms with Crippen LogP contribution < -0.4 is 10.1 Å². The number of fused-ring (bicyclic) bond motifs is 1. The molecule has 0 amide bonds. The summed E-state index contributed by atoms with van der Waals surface area (Å²) in [5.41, 5.74) is 10.4. The fraction of sp³-hybridized carbons (Fsp3) is 0.455. The van der Waals surface area contributed by atoms with E-state index in [1.165, 1.54) is 27.8 Å². The van der Waals surface area contributed by atoms with E-state index >= 15 is 0 Å². The van der Waals surface area contributed by atoms with Crippen molar-refractivity contribution in [3.63, 3.8) is 0 Å². The molecule has 0 fully saturated rings. The predicted octanol–water partition coefficient (Wildman–Crippen LogP) is 8.20. The van der Waals surface area contributed by atoms with E-state index in [2.05, 4.69) is 114 Å². The number of aromatic amines is 1. The smallest absolute Gasteiger partial charge is 0.122 e. The number of aryl methyl sites for hydroxylation is 2. The minimum Gasteiger partial charge on any atom is -0.489 e. The molecule has 202 valence electrons. The van der Waals surface area contributed by atoms with Crippen LogP contribution in [0.4, 0.5) is 0 Å². The Kier molecular flexibility index (Phi) is 8.57. The largest absolute Gasteiger partial charge is 0.489 e.